The minimum Gasteiger partial charge on any atom is -0.389 e. The number of carbonyl (C=O) groups is 1. The SMILES string of the molecule is CC1CC[C@@]2(C(=O)C1)C(C)(C)C(C)(C)C1CC(C)CC[C@]12O. The smallest absolute Gasteiger partial charge is 0.142 e. The lowest BCUT2D eigenvalue weighted by molar-refractivity contribution is -0.176. The van der Waals surface area contributed by atoms with Gasteiger partial charge in [0.05, 0.1) is 11.0 Å². The van der Waals surface area contributed by atoms with Gasteiger partial charge in [-0.1, -0.05) is 41.5 Å². The molecule has 3 rings (SSSR count). The minimum absolute atomic E-state index is 0.00727. The first-order valence-electron chi connectivity index (χ1n) is 9.26. The third kappa shape index (κ3) is 1.63. The van der Waals surface area contributed by atoms with Crippen molar-refractivity contribution in [3.63, 3.8) is 0 Å². The van der Waals surface area contributed by atoms with Crippen molar-refractivity contribution >= 4 is 5.78 Å². The number of ketones is 1. The highest BCUT2D eigenvalue weighted by Gasteiger charge is 2.77. The van der Waals surface area contributed by atoms with E-state index in [4.69, 9.17) is 0 Å². The molecule has 0 heterocycles. The predicted molar refractivity (Wildman–Crippen MR) is 89.5 cm³/mol. The van der Waals surface area contributed by atoms with Crippen LogP contribution in [0.5, 0.6) is 0 Å². The molecule has 3 aliphatic rings. The summed E-state index contributed by atoms with van der Waals surface area (Å²) in [6.45, 7) is 13.6. The Morgan fingerprint density at radius 1 is 1.00 bits per heavy atom. The van der Waals surface area contributed by atoms with Gasteiger partial charge in [0, 0.05) is 6.42 Å². The zero-order valence-corrected chi connectivity index (χ0v) is 15.3. The Hall–Kier alpha value is -0.370. The largest absolute Gasteiger partial charge is 0.389 e. The van der Waals surface area contributed by atoms with E-state index in [0.717, 1.165) is 32.1 Å². The molecule has 5 atom stereocenters. The van der Waals surface area contributed by atoms with Crippen molar-refractivity contribution in [1.29, 1.82) is 0 Å². The standard InChI is InChI=1S/C20H34O2/c1-13-8-10-20(22)15(11-13)17(3,4)18(5,6)19(20)9-7-14(2)12-16(19)21/h13-15,22H,7-12H2,1-6H3/t13?,14?,15?,19-,20+/m1/s1. The van der Waals surface area contributed by atoms with Crippen molar-refractivity contribution in [2.75, 3.05) is 0 Å². The van der Waals surface area contributed by atoms with Crippen LogP contribution in [-0.2, 0) is 4.79 Å². The maximum Gasteiger partial charge on any atom is 0.142 e. The molecule has 0 bridgehead atoms. The van der Waals surface area contributed by atoms with Crippen molar-refractivity contribution in [3.8, 4) is 0 Å². The van der Waals surface area contributed by atoms with Gasteiger partial charge in [-0.25, -0.2) is 0 Å². The van der Waals surface area contributed by atoms with Crippen LogP contribution in [0.3, 0.4) is 0 Å². The van der Waals surface area contributed by atoms with E-state index in [1.165, 1.54) is 0 Å². The molecule has 2 heteroatoms. The molecule has 0 radical (unpaired) electrons. The van der Waals surface area contributed by atoms with Crippen LogP contribution in [-0.4, -0.2) is 16.5 Å². The topological polar surface area (TPSA) is 37.3 Å². The van der Waals surface area contributed by atoms with Crippen LogP contribution in [0.4, 0.5) is 0 Å². The summed E-state index contributed by atoms with van der Waals surface area (Å²) in [5.74, 6) is 1.73. The number of hydrogen-bond donors (Lipinski definition) is 1. The van der Waals surface area contributed by atoms with E-state index in [2.05, 4.69) is 41.5 Å². The fourth-order valence-corrected chi connectivity index (χ4v) is 6.60. The second-order valence-corrected chi connectivity index (χ2v) is 9.88. The Balaban J connectivity index is 2.18. The van der Waals surface area contributed by atoms with Crippen LogP contribution in [0.1, 0.15) is 80.1 Å². The van der Waals surface area contributed by atoms with Gasteiger partial charge < -0.3 is 5.11 Å². The average Bonchev–Trinajstić information content (AvgIpc) is 2.50. The Labute approximate surface area is 136 Å². The van der Waals surface area contributed by atoms with E-state index >= 15 is 0 Å². The van der Waals surface area contributed by atoms with E-state index < -0.39 is 11.0 Å². The van der Waals surface area contributed by atoms with E-state index in [9.17, 15) is 9.90 Å². The van der Waals surface area contributed by atoms with Crippen LogP contribution in [0.15, 0.2) is 0 Å². The van der Waals surface area contributed by atoms with Gasteiger partial charge in [0.25, 0.3) is 0 Å². The highest BCUT2D eigenvalue weighted by atomic mass is 16.3. The average molecular weight is 306 g/mol. The van der Waals surface area contributed by atoms with Gasteiger partial charge in [0.2, 0.25) is 0 Å². The third-order valence-corrected chi connectivity index (χ3v) is 8.54. The quantitative estimate of drug-likeness (QED) is 0.710. The first-order valence-corrected chi connectivity index (χ1v) is 9.26. The molecule has 0 amide bonds. The maximum absolute atomic E-state index is 13.3. The van der Waals surface area contributed by atoms with Crippen LogP contribution in [0.25, 0.3) is 0 Å². The van der Waals surface area contributed by atoms with Gasteiger partial charge >= 0.3 is 0 Å². The molecule has 0 aromatic heterocycles. The zero-order chi connectivity index (χ0) is 16.6. The summed E-state index contributed by atoms with van der Waals surface area (Å²) in [5.41, 5.74) is -1.47. The molecular formula is C20H34O2. The summed E-state index contributed by atoms with van der Waals surface area (Å²) >= 11 is 0. The van der Waals surface area contributed by atoms with Crippen molar-refractivity contribution < 1.29 is 9.90 Å². The number of aliphatic hydroxyl groups is 1. The van der Waals surface area contributed by atoms with Gasteiger partial charge in [-0.3, -0.25) is 4.79 Å². The summed E-state index contributed by atoms with van der Waals surface area (Å²) in [6.07, 6.45) is 5.55. The van der Waals surface area contributed by atoms with Gasteiger partial charge in [-0.05, 0) is 60.7 Å². The first-order chi connectivity index (χ1) is 10.0. The van der Waals surface area contributed by atoms with Gasteiger partial charge in [0.1, 0.15) is 5.78 Å². The van der Waals surface area contributed by atoms with Crippen molar-refractivity contribution in [2.45, 2.75) is 85.7 Å². The number of hydrogen-bond acceptors (Lipinski definition) is 2. The van der Waals surface area contributed by atoms with Crippen LogP contribution in [0.2, 0.25) is 0 Å². The Morgan fingerprint density at radius 2 is 1.59 bits per heavy atom. The summed E-state index contributed by atoms with van der Waals surface area (Å²) in [5, 5.41) is 11.9. The lowest BCUT2D eigenvalue weighted by Gasteiger charge is -2.54. The van der Waals surface area contributed by atoms with Crippen LogP contribution >= 0.6 is 0 Å². The second kappa shape index (κ2) is 4.59. The first kappa shape index (κ1) is 16.5. The van der Waals surface area contributed by atoms with Crippen molar-refractivity contribution in [2.24, 2.45) is 34.0 Å². The Bertz CT molecular complexity index is 492. The number of fused-ring (bicyclic) bond motifs is 2. The Kier molecular flexibility index (Phi) is 3.44. The Morgan fingerprint density at radius 3 is 2.18 bits per heavy atom. The number of carbonyl (C=O) groups excluding carboxylic acids is 1. The number of Topliss-reactive ketones (excluding diaryl/α,β-unsaturated/α-hetero) is 1. The third-order valence-electron chi connectivity index (χ3n) is 8.54. The zero-order valence-electron chi connectivity index (χ0n) is 15.3. The second-order valence-electron chi connectivity index (χ2n) is 9.88. The predicted octanol–water partition coefficient (Wildman–Crippen LogP) is 4.60. The van der Waals surface area contributed by atoms with Crippen LogP contribution < -0.4 is 0 Å². The summed E-state index contributed by atoms with van der Waals surface area (Å²) in [7, 11) is 0. The molecular weight excluding hydrogens is 272 g/mol. The fourth-order valence-electron chi connectivity index (χ4n) is 6.60. The van der Waals surface area contributed by atoms with Gasteiger partial charge in [-0.2, -0.15) is 0 Å². The van der Waals surface area contributed by atoms with Gasteiger partial charge in [0.15, 0.2) is 0 Å². The fraction of sp³-hybridized carbons (Fsp3) is 0.950. The summed E-state index contributed by atoms with van der Waals surface area (Å²) in [4.78, 5) is 13.3. The molecule has 3 aliphatic carbocycles. The molecule has 22 heavy (non-hydrogen) atoms. The summed E-state index contributed by atoms with van der Waals surface area (Å²) < 4.78 is 0. The monoisotopic (exact) mass is 306 g/mol. The molecule has 1 spiro atoms. The van der Waals surface area contributed by atoms with Crippen LogP contribution in [0, 0.1) is 34.0 Å². The maximum atomic E-state index is 13.3. The molecule has 0 saturated heterocycles. The molecule has 0 aliphatic heterocycles. The lowest BCUT2D eigenvalue weighted by atomic mass is 9.50. The highest BCUT2D eigenvalue weighted by Crippen LogP contribution is 2.75. The number of rotatable bonds is 0. The molecule has 126 valence electrons. The minimum atomic E-state index is -0.788. The summed E-state index contributed by atoms with van der Waals surface area (Å²) in [6, 6.07) is 0. The molecule has 3 unspecified atom stereocenters. The molecule has 3 fully saturated rings. The normalized spacial score (nSPS) is 50.1. The van der Waals surface area contributed by atoms with E-state index in [-0.39, 0.29) is 16.7 Å². The van der Waals surface area contributed by atoms with Gasteiger partial charge in [-0.15, -0.1) is 0 Å². The molecule has 3 saturated carbocycles. The molecule has 2 nitrogen and oxygen atoms in total. The van der Waals surface area contributed by atoms with E-state index in [1.807, 2.05) is 0 Å². The molecule has 0 aromatic carbocycles. The van der Waals surface area contributed by atoms with Crippen molar-refractivity contribution in [1.82, 2.24) is 0 Å². The molecule has 1 N–H and O–H groups in total. The van der Waals surface area contributed by atoms with Crippen molar-refractivity contribution in [3.05, 3.63) is 0 Å². The van der Waals surface area contributed by atoms with E-state index in [1.54, 1.807) is 0 Å². The molecule has 0 aromatic rings. The van der Waals surface area contributed by atoms with E-state index in [0.29, 0.717) is 24.0 Å². The lowest BCUT2D eigenvalue weighted by Crippen LogP contribution is -2.60. The highest BCUT2D eigenvalue weighted by molar-refractivity contribution is 5.89.